The number of halogens is 1. The molecule has 0 bridgehead atoms. The lowest BCUT2D eigenvalue weighted by Gasteiger charge is -2.08. The van der Waals surface area contributed by atoms with Crippen molar-refractivity contribution in [1.82, 2.24) is 15.2 Å². The van der Waals surface area contributed by atoms with Gasteiger partial charge in [0.2, 0.25) is 5.95 Å². The van der Waals surface area contributed by atoms with Crippen molar-refractivity contribution >= 4 is 33.4 Å². The van der Waals surface area contributed by atoms with Crippen LogP contribution in [-0.2, 0) is 6.42 Å². The molecule has 0 fully saturated rings. The third-order valence-electron chi connectivity index (χ3n) is 3.55. The molecule has 0 radical (unpaired) electrons. The summed E-state index contributed by atoms with van der Waals surface area (Å²) >= 11 is 3.52. The van der Waals surface area contributed by atoms with E-state index in [1.807, 2.05) is 43.3 Å². The SMILES string of the molecule is Cc1ccc(Nc2nncc(NCCc3ccccc3)n2)cc1Br. The smallest absolute Gasteiger partial charge is 0.249 e. The minimum atomic E-state index is 0.468. The van der Waals surface area contributed by atoms with E-state index in [9.17, 15) is 0 Å². The van der Waals surface area contributed by atoms with Gasteiger partial charge in [-0.05, 0) is 36.6 Å². The summed E-state index contributed by atoms with van der Waals surface area (Å²) in [5, 5.41) is 14.5. The molecule has 0 aliphatic rings. The summed E-state index contributed by atoms with van der Waals surface area (Å²) in [5.41, 5.74) is 3.38. The monoisotopic (exact) mass is 383 g/mol. The quantitative estimate of drug-likeness (QED) is 0.662. The molecule has 0 unspecified atom stereocenters. The number of nitrogens with one attached hydrogen (secondary N) is 2. The number of nitrogens with zero attached hydrogens (tertiary/aromatic N) is 3. The second-order valence-electron chi connectivity index (χ2n) is 5.42. The van der Waals surface area contributed by atoms with Crippen LogP contribution in [0.15, 0.2) is 59.2 Å². The highest BCUT2D eigenvalue weighted by Gasteiger charge is 2.03. The molecule has 0 saturated heterocycles. The van der Waals surface area contributed by atoms with Gasteiger partial charge in [-0.15, -0.1) is 5.10 Å². The number of hydrogen-bond acceptors (Lipinski definition) is 5. The highest BCUT2D eigenvalue weighted by atomic mass is 79.9. The van der Waals surface area contributed by atoms with E-state index in [1.165, 1.54) is 11.1 Å². The highest BCUT2D eigenvalue weighted by molar-refractivity contribution is 9.10. The van der Waals surface area contributed by atoms with Gasteiger partial charge in [-0.2, -0.15) is 10.1 Å². The largest absolute Gasteiger partial charge is 0.368 e. The molecule has 0 aliphatic heterocycles. The fourth-order valence-electron chi connectivity index (χ4n) is 2.22. The predicted molar refractivity (Wildman–Crippen MR) is 101 cm³/mol. The van der Waals surface area contributed by atoms with Crippen LogP contribution in [0.5, 0.6) is 0 Å². The standard InChI is InChI=1S/C18H18BrN5/c1-13-7-8-15(11-16(13)19)22-18-23-17(12-21-24-18)20-10-9-14-5-3-2-4-6-14/h2-8,11-12H,9-10H2,1H3,(H2,20,22,23,24). The van der Waals surface area contributed by atoms with Crippen LogP contribution in [0.1, 0.15) is 11.1 Å². The van der Waals surface area contributed by atoms with Crippen molar-refractivity contribution in [3.05, 3.63) is 70.3 Å². The van der Waals surface area contributed by atoms with Gasteiger partial charge in [0, 0.05) is 16.7 Å². The summed E-state index contributed by atoms with van der Waals surface area (Å²) in [6.07, 6.45) is 2.56. The van der Waals surface area contributed by atoms with Crippen LogP contribution in [0.3, 0.4) is 0 Å². The molecule has 0 atom stereocenters. The van der Waals surface area contributed by atoms with Crippen molar-refractivity contribution in [1.29, 1.82) is 0 Å². The summed E-state index contributed by atoms with van der Waals surface area (Å²) in [6, 6.07) is 16.3. The van der Waals surface area contributed by atoms with Gasteiger partial charge < -0.3 is 10.6 Å². The van der Waals surface area contributed by atoms with Gasteiger partial charge >= 0.3 is 0 Å². The van der Waals surface area contributed by atoms with E-state index in [1.54, 1.807) is 6.20 Å². The second-order valence-corrected chi connectivity index (χ2v) is 6.27. The second kappa shape index (κ2) is 7.88. The Bertz CT molecular complexity index is 808. The molecule has 0 saturated carbocycles. The summed E-state index contributed by atoms with van der Waals surface area (Å²) < 4.78 is 1.04. The molecule has 24 heavy (non-hydrogen) atoms. The van der Waals surface area contributed by atoms with E-state index in [4.69, 9.17) is 0 Å². The number of rotatable bonds is 6. The minimum Gasteiger partial charge on any atom is -0.368 e. The van der Waals surface area contributed by atoms with Crippen LogP contribution < -0.4 is 10.6 Å². The molecule has 5 nitrogen and oxygen atoms in total. The molecule has 1 heterocycles. The van der Waals surface area contributed by atoms with Crippen LogP contribution >= 0.6 is 15.9 Å². The number of hydrogen-bond donors (Lipinski definition) is 2. The summed E-state index contributed by atoms with van der Waals surface area (Å²) in [7, 11) is 0. The van der Waals surface area contributed by atoms with Crippen molar-refractivity contribution in [3.63, 3.8) is 0 Å². The van der Waals surface area contributed by atoms with Crippen LogP contribution in [0.2, 0.25) is 0 Å². The van der Waals surface area contributed by atoms with Crippen molar-refractivity contribution in [2.75, 3.05) is 17.2 Å². The maximum absolute atomic E-state index is 4.44. The molecule has 3 rings (SSSR count). The van der Waals surface area contributed by atoms with Crippen LogP contribution in [0.25, 0.3) is 0 Å². The van der Waals surface area contributed by atoms with Crippen LogP contribution in [0.4, 0.5) is 17.5 Å². The lowest BCUT2D eigenvalue weighted by atomic mass is 10.1. The summed E-state index contributed by atoms with van der Waals surface area (Å²) in [4.78, 5) is 4.44. The van der Waals surface area contributed by atoms with E-state index in [0.717, 1.165) is 23.1 Å². The Kier molecular flexibility index (Phi) is 5.38. The number of benzene rings is 2. The average molecular weight is 384 g/mol. The molecule has 0 amide bonds. The predicted octanol–water partition coefficient (Wildman–Crippen LogP) is 4.34. The molecule has 122 valence electrons. The first-order chi connectivity index (χ1) is 11.7. The van der Waals surface area contributed by atoms with Gasteiger partial charge in [-0.25, -0.2) is 0 Å². The first-order valence-corrected chi connectivity index (χ1v) is 8.51. The van der Waals surface area contributed by atoms with E-state index < -0.39 is 0 Å². The molecule has 0 aliphatic carbocycles. The molecule has 3 aromatic rings. The van der Waals surface area contributed by atoms with Gasteiger partial charge in [0.25, 0.3) is 0 Å². The van der Waals surface area contributed by atoms with E-state index in [2.05, 4.69) is 53.9 Å². The summed E-state index contributed by atoms with van der Waals surface area (Å²) in [5.74, 6) is 1.17. The maximum atomic E-state index is 4.44. The Morgan fingerprint density at radius 1 is 1.08 bits per heavy atom. The molecule has 0 spiro atoms. The first kappa shape index (κ1) is 16.4. The van der Waals surface area contributed by atoms with Crippen molar-refractivity contribution < 1.29 is 0 Å². The Hall–Kier alpha value is -2.47. The van der Waals surface area contributed by atoms with Gasteiger partial charge in [-0.3, -0.25) is 0 Å². The normalized spacial score (nSPS) is 10.4. The summed E-state index contributed by atoms with van der Waals surface area (Å²) in [6.45, 7) is 2.83. The Morgan fingerprint density at radius 3 is 2.71 bits per heavy atom. The van der Waals surface area contributed by atoms with E-state index in [-0.39, 0.29) is 0 Å². The van der Waals surface area contributed by atoms with Gasteiger partial charge in [0.05, 0.1) is 6.20 Å². The zero-order chi connectivity index (χ0) is 16.8. The van der Waals surface area contributed by atoms with Crippen LogP contribution in [0, 0.1) is 6.92 Å². The highest BCUT2D eigenvalue weighted by Crippen LogP contribution is 2.22. The zero-order valence-corrected chi connectivity index (χ0v) is 14.9. The number of aromatic nitrogens is 3. The maximum Gasteiger partial charge on any atom is 0.249 e. The third kappa shape index (κ3) is 4.52. The molecule has 6 heteroatoms. The number of anilines is 3. The zero-order valence-electron chi connectivity index (χ0n) is 13.3. The van der Waals surface area contributed by atoms with Gasteiger partial charge in [0.1, 0.15) is 0 Å². The average Bonchev–Trinajstić information content (AvgIpc) is 2.60. The molecular formula is C18H18BrN5. The number of aryl methyl sites for hydroxylation is 1. The Morgan fingerprint density at radius 2 is 1.92 bits per heavy atom. The fraction of sp³-hybridized carbons (Fsp3) is 0.167. The minimum absolute atomic E-state index is 0.468. The topological polar surface area (TPSA) is 62.7 Å². The molecule has 1 aromatic heterocycles. The Labute approximate surface area is 149 Å². The van der Waals surface area contributed by atoms with Gasteiger partial charge in [-0.1, -0.05) is 52.3 Å². The third-order valence-corrected chi connectivity index (χ3v) is 4.40. The first-order valence-electron chi connectivity index (χ1n) is 7.71. The molecular weight excluding hydrogens is 366 g/mol. The lowest BCUT2D eigenvalue weighted by molar-refractivity contribution is 0.950. The van der Waals surface area contributed by atoms with Crippen molar-refractivity contribution in [2.45, 2.75) is 13.3 Å². The molecule has 2 aromatic carbocycles. The van der Waals surface area contributed by atoms with Gasteiger partial charge in [0.15, 0.2) is 5.82 Å². The van der Waals surface area contributed by atoms with Crippen molar-refractivity contribution in [2.24, 2.45) is 0 Å². The van der Waals surface area contributed by atoms with E-state index >= 15 is 0 Å². The van der Waals surface area contributed by atoms with Crippen LogP contribution in [-0.4, -0.2) is 21.7 Å². The van der Waals surface area contributed by atoms with Crippen molar-refractivity contribution in [3.8, 4) is 0 Å². The molecule has 2 N–H and O–H groups in total. The Balaban J connectivity index is 1.60. The fourth-order valence-corrected chi connectivity index (χ4v) is 2.60. The lowest BCUT2D eigenvalue weighted by Crippen LogP contribution is -2.08. The van der Waals surface area contributed by atoms with E-state index in [0.29, 0.717) is 11.8 Å².